The van der Waals surface area contributed by atoms with Gasteiger partial charge in [-0.15, -0.1) is 0 Å². The molecule has 0 aliphatic rings. The molecule has 0 unspecified atom stereocenters. The molecule has 5 aromatic rings. The molecular weight excluding hydrogens is 384 g/mol. The molecule has 0 aliphatic carbocycles. The number of hydrogen-bond acceptors (Lipinski definition) is 5. The topological polar surface area (TPSA) is 93.3 Å². The lowest BCUT2D eigenvalue weighted by Crippen LogP contribution is -2.01. The van der Waals surface area contributed by atoms with Gasteiger partial charge in [0.2, 0.25) is 0 Å². The Morgan fingerprint density at radius 3 is 2.90 bits per heavy atom. The third-order valence-corrected chi connectivity index (χ3v) is 4.74. The third-order valence-electron chi connectivity index (χ3n) is 4.74. The van der Waals surface area contributed by atoms with E-state index in [0.717, 1.165) is 6.07 Å². The maximum absolute atomic E-state index is 12.7. The van der Waals surface area contributed by atoms with E-state index in [1.54, 1.807) is 30.1 Å². The van der Waals surface area contributed by atoms with Crippen molar-refractivity contribution in [1.82, 2.24) is 14.8 Å². The van der Waals surface area contributed by atoms with Gasteiger partial charge in [0, 0.05) is 36.3 Å². The average Bonchev–Trinajstić information content (AvgIpc) is 3.20. The predicted molar refractivity (Wildman–Crippen MR) is 102 cm³/mol. The number of ether oxygens (including phenoxy) is 1. The largest absolute Gasteiger partial charge is 0.507 e. The first-order chi connectivity index (χ1) is 13.9. The molecule has 3 aromatic heterocycles. The minimum atomic E-state index is -2.95. The Labute approximate surface area is 160 Å². The van der Waals surface area contributed by atoms with E-state index >= 15 is 0 Å². The molecule has 0 saturated carbocycles. The van der Waals surface area contributed by atoms with E-state index < -0.39 is 12.0 Å². The molecule has 0 bridgehead atoms. The number of rotatable bonds is 3. The number of aryl methyl sites for hydroxylation is 1. The van der Waals surface area contributed by atoms with Crippen LogP contribution in [0.2, 0.25) is 0 Å². The molecule has 7 nitrogen and oxygen atoms in total. The Kier molecular flexibility index (Phi) is 3.60. The fourth-order valence-corrected chi connectivity index (χ4v) is 3.57. The zero-order valence-corrected chi connectivity index (χ0v) is 14.9. The highest BCUT2D eigenvalue weighted by Gasteiger charge is 2.22. The molecule has 0 amide bonds. The summed E-state index contributed by atoms with van der Waals surface area (Å²) in [5.41, 5.74) is 2.16. The number of pyridine rings is 1. The van der Waals surface area contributed by atoms with Crippen LogP contribution in [0.15, 0.2) is 51.8 Å². The van der Waals surface area contributed by atoms with Crippen molar-refractivity contribution in [3.63, 3.8) is 0 Å². The van der Waals surface area contributed by atoms with E-state index in [4.69, 9.17) is 4.42 Å². The number of phenolic OH excluding ortho intramolecular Hbond substituents is 1. The number of nitrogens with zero attached hydrogens (tertiary/aromatic N) is 2. The first kappa shape index (κ1) is 17.2. The van der Waals surface area contributed by atoms with Gasteiger partial charge in [-0.1, -0.05) is 12.1 Å². The Morgan fingerprint density at radius 2 is 2.10 bits per heavy atom. The number of alkyl halides is 2. The number of aromatic amines is 1. The number of halogens is 2. The van der Waals surface area contributed by atoms with Crippen molar-refractivity contribution in [2.24, 2.45) is 7.05 Å². The van der Waals surface area contributed by atoms with Crippen molar-refractivity contribution in [2.45, 2.75) is 6.61 Å². The molecule has 29 heavy (non-hydrogen) atoms. The van der Waals surface area contributed by atoms with E-state index in [2.05, 4.69) is 14.8 Å². The average molecular weight is 397 g/mol. The highest BCUT2D eigenvalue weighted by atomic mass is 19.3. The van der Waals surface area contributed by atoms with E-state index in [1.165, 1.54) is 18.2 Å². The fraction of sp³-hybridized carbons (Fsp3) is 0.100. The second kappa shape index (κ2) is 6.06. The zero-order chi connectivity index (χ0) is 20.3. The Morgan fingerprint density at radius 1 is 1.28 bits per heavy atom. The van der Waals surface area contributed by atoms with E-state index in [0.29, 0.717) is 38.6 Å². The Hall–Kier alpha value is -3.88. The second-order valence-corrected chi connectivity index (χ2v) is 6.56. The van der Waals surface area contributed by atoms with Crippen molar-refractivity contribution in [3.8, 4) is 22.6 Å². The normalized spacial score (nSPS) is 11.9. The van der Waals surface area contributed by atoms with Crippen LogP contribution in [-0.2, 0) is 7.05 Å². The standard InChI is InChI=1S/C20H13F2N3O4/c1-25-19-12(8-23-25)15(9-3-2-4-11(5-9)28-20(21)22)18-17(24-19)16-13(27)6-10(26)7-14(16)29-18/h2-8,20,23,27H,1H3. The maximum atomic E-state index is 12.7. The number of aromatic hydroxyl groups is 1. The fourth-order valence-electron chi connectivity index (χ4n) is 3.57. The van der Waals surface area contributed by atoms with Crippen LogP contribution in [0.1, 0.15) is 0 Å². The number of benzene rings is 2. The highest BCUT2D eigenvalue weighted by Crippen LogP contribution is 2.41. The van der Waals surface area contributed by atoms with E-state index in [1.807, 2.05) is 0 Å². The lowest BCUT2D eigenvalue weighted by molar-refractivity contribution is -0.0498. The summed E-state index contributed by atoms with van der Waals surface area (Å²) in [7, 11) is 1.76. The van der Waals surface area contributed by atoms with Gasteiger partial charge < -0.3 is 19.4 Å². The lowest BCUT2D eigenvalue weighted by atomic mass is 10.0. The summed E-state index contributed by atoms with van der Waals surface area (Å²) in [4.78, 5) is 16.4. The quantitative estimate of drug-likeness (QED) is 0.477. The Balaban J connectivity index is 1.92. The van der Waals surface area contributed by atoms with Gasteiger partial charge in [0.1, 0.15) is 22.6 Å². The summed E-state index contributed by atoms with van der Waals surface area (Å²) in [5, 5.41) is 14.3. The number of nitrogens with one attached hydrogen (secondary N) is 1. The maximum Gasteiger partial charge on any atom is 0.387 e. The summed E-state index contributed by atoms with van der Waals surface area (Å²) in [6.45, 7) is -2.95. The number of aromatic nitrogens is 3. The van der Waals surface area contributed by atoms with E-state index in [-0.39, 0.29) is 17.1 Å². The summed E-state index contributed by atoms with van der Waals surface area (Å²) in [5.74, 6) is -0.242. The molecule has 5 rings (SSSR count). The molecule has 2 aromatic carbocycles. The predicted octanol–water partition coefficient (Wildman–Crippen LogP) is 4.14. The molecule has 2 N–H and O–H groups in total. The highest BCUT2D eigenvalue weighted by molar-refractivity contribution is 6.15. The van der Waals surface area contributed by atoms with Gasteiger partial charge in [0.25, 0.3) is 0 Å². The molecule has 146 valence electrons. The van der Waals surface area contributed by atoms with Crippen LogP contribution in [0.4, 0.5) is 8.78 Å². The van der Waals surface area contributed by atoms with Gasteiger partial charge >= 0.3 is 6.61 Å². The molecular formula is C20H13F2N3O4. The number of phenols is 1. The molecule has 0 fully saturated rings. The van der Waals surface area contributed by atoms with Crippen molar-refractivity contribution in [2.75, 3.05) is 0 Å². The monoisotopic (exact) mass is 397 g/mol. The second-order valence-electron chi connectivity index (χ2n) is 6.56. The molecule has 0 aliphatic heterocycles. The van der Waals surface area contributed by atoms with E-state index in [9.17, 15) is 18.7 Å². The smallest absolute Gasteiger partial charge is 0.387 e. The molecule has 0 radical (unpaired) electrons. The first-order valence-corrected chi connectivity index (χ1v) is 8.61. The first-order valence-electron chi connectivity index (χ1n) is 8.61. The van der Waals surface area contributed by atoms with Gasteiger partial charge in [0.05, 0.1) is 5.39 Å². The molecule has 3 heterocycles. The van der Waals surface area contributed by atoms with Crippen LogP contribution >= 0.6 is 0 Å². The van der Waals surface area contributed by atoms with Gasteiger partial charge in [-0.05, 0) is 17.7 Å². The minimum absolute atomic E-state index is 0.00340. The minimum Gasteiger partial charge on any atom is -0.507 e. The molecule has 0 spiro atoms. The zero-order valence-electron chi connectivity index (χ0n) is 14.9. The summed E-state index contributed by atoms with van der Waals surface area (Å²) in [6.07, 6.45) is 1.71. The third kappa shape index (κ3) is 2.62. The van der Waals surface area contributed by atoms with Crippen molar-refractivity contribution < 1.29 is 23.0 Å². The summed E-state index contributed by atoms with van der Waals surface area (Å²) in [6, 6.07) is 8.58. The summed E-state index contributed by atoms with van der Waals surface area (Å²) < 4.78 is 37.4. The van der Waals surface area contributed by atoms with Gasteiger partial charge in [-0.25, -0.2) is 4.98 Å². The van der Waals surface area contributed by atoms with Crippen LogP contribution in [0.3, 0.4) is 0 Å². The van der Waals surface area contributed by atoms with Crippen molar-refractivity contribution >= 4 is 33.1 Å². The van der Waals surface area contributed by atoms with Gasteiger partial charge in [0.15, 0.2) is 16.7 Å². The van der Waals surface area contributed by atoms with Gasteiger partial charge in [-0.2, -0.15) is 8.78 Å². The molecule has 0 saturated heterocycles. The molecule has 9 heteroatoms. The number of H-pyrrole nitrogens is 1. The molecule has 0 atom stereocenters. The van der Waals surface area contributed by atoms with Crippen molar-refractivity contribution in [1.29, 1.82) is 0 Å². The van der Waals surface area contributed by atoms with Gasteiger partial charge in [-0.3, -0.25) is 9.48 Å². The van der Waals surface area contributed by atoms with Crippen LogP contribution < -0.4 is 10.2 Å². The van der Waals surface area contributed by atoms with Crippen LogP contribution in [0.5, 0.6) is 11.5 Å². The van der Waals surface area contributed by atoms with Crippen LogP contribution in [-0.4, -0.2) is 26.5 Å². The summed E-state index contributed by atoms with van der Waals surface area (Å²) >= 11 is 0. The van der Waals surface area contributed by atoms with Crippen LogP contribution in [0, 0.1) is 0 Å². The lowest BCUT2D eigenvalue weighted by Gasteiger charge is -2.09. The SMILES string of the molecule is Cn1[nH]cc2c(-c3cccc(OC(F)F)c3)c3oc4cc(=O)cc(O)c4c3nc21. The number of furan rings is 1. The number of hydrogen-bond donors (Lipinski definition) is 2. The van der Waals surface area contributed by atoms with Crippen molar-refractivity contribution in [3.05, 3.63) is 52.8 Å². The number of fused-ring (bicyclic) bond motifs is 4. The van der Waals surface area contributed by atoms with Crippen LogP contribution in [0.25, 0.3) is 44.2 Å². The Bertz CT molecular complexity index is 1470.